The van der Waals surface area contributed by atoms with Gasteiger partial charge in [0.15, 0.2) is 0 Å². The van der Waals surface area contributed by atoms with Gasteiger partial charge in [-0.25, -0.2) is 0 Å². The first-order valence-electron chi connectivity index (χ1n) is 5.96. The van der Waals surface area contributed by atoms with Gasteiger partial charge in [0, 0.05) is 11.8 Å². The van der Waals surface area contributed by atoms with Crippen molar-refractivity contribution in [2.75, 3.05) is 5.88 Å². The van der Waals surface area contributed by atoms with Crippen LogP contribution in [0.1, 0.15) is 16.7 Å². The van der Waals surface area contributed by atoms with Crippen LogP contribution in [0.2, 0.25) is 0 Å². The maximum Gasteiger partial charge on any atom is 0.139 e. The Labute approximate surface area is 118 Å². The van der Waals surface area contributed by atoms with E-state index >= 15 is 0 Å². The van der Waals surface area contributed by atoms with Crippen molar-refractivity contribution in [3.63, 3.8) is 0 Å². The average Bonchev–Trinajstić information content (AvgIpc) is 2.45. The fraction of sp³-hybridized carbons (Fsp3) is 0.188. The van der Waals surface area contributed by atoms with E-state index in [4.69, 9.17) is 16.3 Å². The zero-order valence-electron chi connectivity index (χ0n) is 10.7. The molecule has 0 N–H and O–H groups in total. The van der Waals surface area contributed by atoms with Crippen LogP contribution < -0.4 is 4.74 Å². The zero-order chi connectivity index (χ0) is 13.5. The third kappa shape index (κ3) is 4.31. The Morgan fingerprint density at radius 1 is 1.21 bits per heavy atom. The molecule has 0 fully saturated rings. The second-order valence-corrected chi connectivity index (χ2v) is 4.39. The molecule has 19 heavy (non-hydrogen) atoms. The summed E-state index contributed by atoms with van der Waals surface area (Å²) >= 11 is 5.52. The molecule has 0 aliphatic rings. The van der Waals surface area contributed by atoms with E-state index in [-0.39, 0.29) is 0 Å². The van der Waals surface area contributed by atoms with Crippen molar-refractivity contribution in [1.82, 2.24) is 4.98 Å². The van der Waals surface area contributed by atoms with Crippen molar-refractivity contribution in [2.24, 2.45) is 0 Å². The van der Waals surface area contributed by atoms with E-state index in [0.29, 0.717) is 18.2 Å². The zero-order valence-corrected chi connectivity index (χ0v) is 11.4. The molecule has 2 nitrogen and oxygen atoms in total. The number of pyridine rings is 1. The van der Waals surface area contributed by atoms with Crippen LogP contribution in [0.3, 0.4) is 0 Å². The lowest BCUT2D eigenvalue weighted by Gasteiger charge is -2.06. The highest BCUT2D eigenvalue weighted by Gasteiger charge is 1.97. The third-order valence-corrected chi connectivity index (χ3v) is 2.67. The van der Waals surface area contributed by atoms with Crippen molar-refractivity contribution >= 4 is 11.6 Å². The lowest BCUT2D eigenvalue weighted by molar-refractivity contribution is 0.305. The number of ether oxygens (including phenoxy) is 1. The SMILES string of the molecule is Cc1ccc(COc2cncc(C#CCCl)c2)cc1. The first-order valence-corrected chi connectivity index (χ1v) is 6.49. The lowest BCUT2D eigenvalue weighted by atomic mass is 10.2. The summed E-state index contributed by atoms with van der Waals surface area (Å²) in [5.41, 5.74) is 3.17. The molecular formula is C16H14ClNO. The molecule has 0 amide bonds. The molecule has 0 saturated carbocycles. The van der Waals surface area contributed by atoms with E-state index in [1.807, 2.05) is 6.07 Å². The highest BCUT2D eigenvalue weighted by molar-refractivity contribution is 6.19. The summed E-state index contributed by atoms with van der Waals surface area (Å²) in [7, 11) is 0. The van der Waals surface area contributed by atoms with Gasteiger partial charge in [0.25, 0.3) is 0 Å². The number of nitrogens with zero attached hydrogens (tertiary/aromatic N) is 1. The maximum atomic E-state index is 5.69. The van der Waals surface area contributed by atoms with Gasteiger partial charge < -0.3 is 4.74 Å². The second-order valence-electron chi connectivity index (χ2n) is 4.12. The van der Waals surface area contributed by atoms with E-state index in [1.54, 1.807) is 12.4 Å². The maximum absolute atomic E-state index is 5.69. The van der Waals surface area contributed by atoms with Crippen LogP contribution in [0.4, 0.5) is 0 Å². The van der Waals surface area contributed by atoms with Crippen LogP contribution in [-0.2, 0) is 6.61 Å². The molecule has 0 aliphatic carbocycles. The summed E-state index contributed by atoms with van der Waals surface area (Å²) < 4.78 is 5.69. The van der Waals surface area contributed by atoms with Crippen molar-refractivity contribution in [1.29, 1.82) is 0 Å². The van der Waals surface area contributed by atoms with Crippen molar-refractivity contribution in [3.8, 4) is 17.6 Å². The van der Waals surface area contributed by atoms with Crippen LogP contribution in [0.15, 0.2) is 42.7 Å². The lowest BCUT2D eigenvalue weighted by Crippen LogP contribution is -1.96. The normalized spacial score (nSPS) is 9.58. The summed E-state index contributed by atoms with van der Waals surface area (Å²) in [4.78, 5) is 4.09. The number of aromatic nitrogens is 1. The van der Waals surface area contributed by atoms with Crippen molar-refractivity contribution in [2.45, 2.75) is 13.5 Å². The molecule has 0 atom stereocenters. The standard InChI is InChI=1S/C16H14ClNO/c1-13-4-6-14(7-5-13)12-19-16-9-15(3-2-8-17)10-18-11-16/h4-7,9-11H,8,12H2,1H3. The fourth-order valence-electron chi connectivity index (χ4n) is 1.55. The summed E-state index contributed by atoms with van der Waals surface area (Å²) in [5.74, 6) is 6.73. The molecule has 2 rings (SSSR count). The molecule has 0 spiro atoms. The van der Waals surface area contributed by atoms with E-state index in [0.717, 1.165) is 11.1 Å². The highest BCUT2D eigenvalue weighted by atomic mass is 35.5. The number of benzene rings is 1. The molecule has 0 bridgehead atoms. The van der Waals surface area contributed by atoms with E-state index in [1.165, 1.54) is 5.56 Å². The molecule has 0 radical (unpaired) electrons. The Hall–Kier alpha value is -1.98. The molecular weight excluding hydrogens is 258 g/mol. The molecule has 1 aromatic carbocycles. The van der Waals surface area contributed by atoms with Gasteiger partial charge in [-0.15, -0.1) is 11.6 Å². The molecule has 1 aromatic heterocycles. The van der Waals surface area contributed by atoms with Gasteiger partial charge in [0.2, 0.25) is 0 Å². The molecule has 0 aliphatic heterocycles. The second kappa shape index (κ2) is 6.82. The molecule has 3 heteroatoms. The monoisotopic (exact) mass is 271 g/mol. The quantitative estimate of drug-likeness (QED) is 0.629. The minimum absolute atomic E-state index is 0.314. The Morgan fingerprint density at radius 2 is 2.00 bits per heavy atom. The van der Waals surface area contributed by atoms with Crippen LogP contribution in [-0.4, -0.2) is 10.9 Å². The van der Waals surface area contributed by atoms with Gasteiger partial charge >= 0.3 is 0 Å². The van der Waals surface area contributed by atoms with Crippen LogP contribution in [0, 0.1) is 18.8 Å². The minimum Gasteiger partial charge on any atom is -0.487 e. The van der Waals surface area contributed by atoms with Gasteiger partial charge in [0.05, 0.1) is 12.1 Å². The predicted octanol–water partition coefficient (Wildman–Crippen LogP) is 3.56. The summed E-state index contributed by atoms with van der Waals surface area (Å²) in [5, 5.41) is 0. The summed E-state index contributed by atoms with van der Waals surface area (Å²) in [6.07, 6.45) is 3.37. The predicted molar refractivity (Wildman–Crippen MR) is 77.3 cm³/mol. The van der Waals surface area contributed by atoms with Gasteiger partial charge in [-0.2, -0.15) is 0 Å². The first-order chi connectivity index (χ1) is 9.28. The average molecular weight is 272 g/mol. The number of rotatable bonds is 3. The number of hydrogen-bond acceptors (Lipinski definition) is 2. The molecule has 2 aromatic rings. The molecule has 0 unspecified atom stereocenters. The van der Waals surface area contributed by atoms with Crippen molar-refractivity contribution in [3.05, 3.63) is 59.4 Å². The van der Waals surface area contributed by atoms with Gasteiger partial charge in [0.1, 0.15) is 12.4 Å². The van der Waals surface area contributed by atoms with Gasteiger partial charge in [-0.1, -0.05) is 41.7 Å². The smallest absolute Gasteiger partial charge is 0.139 e. The largest absolute Gasteiger partial charge is 0.487 e. The Morgan fingerprint density at radius 3 is 2.74 bits per heavy atom. The van der Waals surface area contributed by atoms with E-state index in [9.17, 15) is 0 Å². The molecule has 0 saturated heterocycles. The minimum atomic E-state index is 0.314. The number of aryl methyl sites for hydroxylation is 1. The van der Waals surface area contributed by atoms with Crippen LogP contribution >= 0.6 is 11.6 Å². The number of alkyl halides is 1. The molecule has 96 valence electrons. The Balaban J connectivity index is 2.01. The Kier molecular flexibility index (Phi) is 4.83. The Bertz CT molecular complexity index is 596. The van der Waals surface area contributed by atoms with E-state index in [2.05, 4.69) is 48.0 Å². The summed E-state index contributed by atoms with van der Waals surface area (Å²) in [6.45, 7) is 2.59. The fourth-order valence-corrected chi connectivity index (χ4v) is 1.62. The van der Waals surface area contributed by atoms with Crippen LogP contribution in [0.25, 0.3) is 0 Å². The topological polar surface area (TPSA) is 22.1 Å². The molecule has 1 heterocycles. The third-order valence-electron chi connectivity index (χ3n) is 2.54. The van der Waals surface area contributed by atoms with Gasteiger partial charge in [-0.05, 0) is 18.6 Å². The van der Waals surface area contributed by atoms with Crippen LogP contribution in [0.5, 0.6) is 5.75 Å². The first kappa shape index (κ1) is 13.5. The van der Waals surface area contributed by atoms with Gasteiger partial charge in [-0.3, -0.25) is 4.98 Å². The number of halogens is 1. The highest BCUT2D eigenvalue weighted by Crippen LogP contribution is 2.13. The van der Waals surface area contributed by atoms with Crippen molar-refractivity contribution < 1.29 is 4.74 Å². The van der Waals surface area contributed by atoms with E-state index < -0.39 is 0 Å². The number of hydrogen-bond donors (Lipinski definition) is 0. The summed E-state index contributed by atoms with van der Waals surface area (Å²) in [6, 6.07) is 10.1.